The molecule has 2 aromatic carbocycles. The maximum absolute atomic E-state index is 13.1. The number of benzene rings is 2. The lowest BCUT2D eigenvalue weighted by atomic mass is 9.87. The number of hydrogen-bond donors (Lipinski definition) is 1. The molecule has 0 saturated carbocycles. The van der Waals surface area contributed by atoms with Crippen molar-refractivity contribution in [2.24, 2.45) is 5.92 Å². The fourth-order valence-corrected chi connectivity index (χ4v) is 4.69. The number of carbonyl (C=O) groups excluding carboxylic acids is 2. The molecule has 1 aliphatic heterocycles. The molecule has 1 aromatic heterocycles. The van der Waals surface area contributed by atoms with Gasteiger partial charge < -0.3 is 19.4 Å². The number of piperidine rings is 1. The number of H-pyrrole nitrogens is 1. The summed E-state index contributed by atoms with van der Waals surface area (Å²) in [7, 11) is 0. The highest BCUT2D eigenvalue weighted by Crippen LogP contribution is 2.29. The largest absolute Gasteiger partial charge is 0.481 e. The maximum Gasteiger partial charge on any atom is 0.361 e. The van der Waals surface area contributed by atoms with E-state index in [1.165, 1.54) is 5.56 Å². The third kappa shape index (κ3) is 7.37. The van der Waals surface area contributed by atoms with Gasteiger partial charge in [0.2, 0.25) is 11.7 Å². The molecule has 0 aliphatic carbocycles. The minimum atomic E-state index is -0.775. The zero-order valence-electron chi connectivity index (χ0n) is 24.2. The van der Waals surface area contributed by atoms with E-state index in [0.29, 0.717) is 25.2 Å². The van der Waals surface area contributed by atoms with Crippen LogP contribution in [-0.2, 0) is 28.0 Å². The number of rotatable bonds is 7. The molecule has 1 aliphatic rings. The van der Waals surface area contributed by atoms with Gasteiger partial charge in [-0.05, 0) is 61.8 Å². The van der Waals surface area contributed by atoms with E-state index in [4.69, 9.17) is 9.47 Å². The van der Waals surface area contributed by atoms with Crippen LogP contribution in [0, 0.1) is 5.92 Å². The third-order valence-electron chi connectivity index (χ3n) is 6.80. The van der Waals surface area contributed by atoms with Gasteiger partial charge in [0.1, 0.15) is 18.0 Å². The number of ether oxygens (including phenoxy) is 2. The van der Waals surface area contributed by atoms with Gasteiger partial charge in [0.15, 0.2) is 5.69 Å². The van der Waals surface area contributed by atoms with Crippen molar-refractivity contribution in [2.75, 3.05) is 11.4 Å². The van der Waals surface area contributed by atoms with E-state index in [-0.39, 0.29) is 35.3 Å². The molecule has 4 rings (SSSR count). The minimum Gasteiger partial charge on any atom is -0.481 e. The van der Waals surface area contributed by atoms with Gasteiger partial charge in [-0.1, -0.05) is 63.2 Å². The van der Waals surface area contributed by atoms with Crippen molar-refractivity contribution in [3.05, 3.63) is 87.6 Å². The van der Waals surface area contributed by atoms with Crippen molar-refractivity contribution in [2.45, 2.75) is 78.4 Å². The first kappa shape index (κ1) is 29.1. The Labute approximate surface area is 235 Å². The molecule has 0 spiro atoms. The molecule has 2 heterocycles. The van der Waals surface area contributed by atoms with Crippen LogP contribution in [0.25, 0.3) is 0 Å². The number of aromatic nitrogens is 2. The first-order valence-corrected chi connectivity index (χ1v) is 13.7. The average Bonchev–Trinajstić information content (AvgIpc) is 2.87. The lowest BCUT2D eigenvalue weighted by Gasteiger charge is -2.32. The maximum atomic E-state index is 13.1. The molecule has 0 radical (unpaired) electrons. The molecule has 1 fully saturated rings. The molecule has 1 atom stereocenters. The molecular formula is C32H39N3O5. The monoisotopic (exact) mass is 545 g/mol. The quantitative estimate of drug-likeness (QED) is 0.389. The molecule has 40 heavy (non-hydrogen) atoms. The smallest absolute Gasteiger partial charge is 0.361 e. The van der Waals surface area contributed by atoms with Gasteiger partial charge in [-0.3, -0.25) is 9.59 Å². The Morgan fingerprint density at radius 3 is 2.27 bits per heavy atom. The first-order chi connectivity index (χ1) is 18.8. The predicted molar refractivity (Wildman–Crippen MR) is 155 cm³/mol. The highest BCUT2D eigenvalue weighted by Gasteiger charge is 2.30. The van der Waals surface area contributed by atoms with E-state index in [1.54, 1.807) is 20.8 Å². The fourth-order valence-electron chi connectivity index (χ4n) is 4.69. The van der Waals surface area contributed by atoms with Crippen molar-refractivity contribution < 1.29 is 19.1 Å². The average molecular weight is 546 g/mol. The van der Waals surface area contributed by atoms with Crippen LogP contribution in [-0.4, -0.2) is 34.0 Å². The summed E-state index contributed by atoms with van der Waals surface area (Å²) < 4.78 is 11.3. The Hall–Kier alpha value is -3.94. The molecule has 1 N–H and O–H groups in total. The summed E-state index contributed by atoms with van der Waals surface area (Å²) >= 11 is 0. The summed E-state index contributed by atoms with van der Waals surface area (Å²) in [4.78, 5) is 48.3. The van der Waals surface area contributed by atoms with Gasteiger partial charge in [-0.2, -0.15) is 0 Å². The van der Waals surface area contributed by atoms with E-state index in [1.807, 2.05) is 47.4 Å². The molecular weight excluding hydrogens is 506 g/mol. The van der Waals surface area contributed by atoms with Gasteiger partial charge >= 0.3 is 5.97 Å². The van der Waals surface area contributed by atoms with Crippen LogP contribution in [0.2, 0.25) is 0 Å². The van der Waals surface area contributed by atoms with Crippen molar-refractivity contribution in [3.8, 4) is 5.75 Å². The number of nitrogens with one attached hydrogen (secondary N) is 1. The van der Waals surface area contributed by atoms with Gasteiger partial charge in [0, 0.05) is 25.1 Å². The van der Waals surface area contributed by atoms with Crippen molar-refractivity contribution in [1.82, 2.24) is 9.97 Å². The van der Waals surface area contributed by atoms with E-state index in [0.717, 1.165) is 17.7 Å². The summed E-state index contributed by atoms with van der Waals surface area (Å²) in [6.45, 7) is 12.4. The second-order valence-electron chi connectivity index (χ2n) is 12.4. The molecule has 8 nitrogen and oxygen atoms in total. The molecule has 1 amide bonds. The van der Waals surface area contributed by atoms with Gasteiger partial charge in [-0.25, -0.2) is 9.78 Å². The van der Waals surface area contributed by atoms with Crippen LogP contribution < -0.4 is 15.2 Å². The van der Waals surface area contributed by atoms with Crippen LogP contribution in [0.15, 0.2) is 59.4 Å². The van der Waals surface area contributed by atoms with Crippen molar-refractivity contribution in [1.29, 1.82) is 0 Å². The number of aromatic amines is 1. The van der Waals surface area contributed by atoms with Crippen LogP contribution in [0.1, 0.15) is 81.8 Å². The summed E-state index contributed by atoms with van der Waals surface area (Å²) in [6.07, 6.45) is 1.41. The summed E-state index contributed by atoms with van der Waals surface area (Å²) in [6, 6.07) is 17.5. The Morgan fingerprint density at radius 1 is 1.00 bits per heavy atom. The van der Waals surface area contributed by atoms with Crippen molar-refractivity contribution in [3.63, 3.8) is 0 Å². The topological polar surface area (TPSA) is 102 Å². The Balaban J connectivity index is 1.50. The number of esters is 1. The van der Waals surface area contributed by atoms with Crippen LogP contribution in [0.4, 0.5) is 5.69 Å². The number of anilines is 1. The lowest BCUT2D eigenvalue weighted by Crippen LogP contribution is -2.39. The second kappa shape index (κ2) is 11.7. The standard InChI is InChI=1S/C32H39N3O5/c1-31(2,3)23-12-14-24(15-13-23)35-17-16-22(19-26(35)36)18-25-33-27(30(38)40-32(4,5)6)28(29(37)34-25)39-20-21-10-8-7-9-11-21/h7-15,22H,16-20H2,1-6H3,(H,33,34,37). The minimum absolute atomic E-state index is 0.0247. The van der Waals surface area contributed by atoms with Gasteiger partial charge in [0.25, 0.3) is 5.56 Å². The molecule has 1 saturated heterocycles. The van der Waals surface area contributed by atoms with E-state index in [2.05, 4.69) is 42.9 Å². The molecule has 212 valence electrons. The van der Waals surface area contributed by atoms with E-state index in [9.17, 15) is 14.4 Å². The zero-order valence-corrected chi connectivity index (χ0v) is 24.2. The molecule has 1 unspecified atom stereocenters. The van der Waals surface area contributed by atoms with Gasteiger partial charge in [-0.15, -0.1) is 0 Å². The zero-order chi connectivity index (χ0) is 29.1. The SMILES string of the molecule is CC(C)(C)OC(=O)c1nc(CC2CCN(c3ccc(C(C)(C)C)cc3)C(=O)C2)[nH]c(=O)c1OCc1ccccc1. The number of carbonyl (C=O) groups is 2. The Morgan fingerprint density at radius 2 is 1.68 bits per heavy atom. The summed E-state index contributed by atoms with van der Waals surface area (Å²) in [5.41, 5.74) is 1.50. The Bertz CT molecular complexity index is 1400. The van der Waals surface area contributed by atoms with Crippen LogP contribution in [0.5, 0.6) is 5.75 Å². The van der Waals surface area contributed by atoms with Gasteiger partial charge in [0.05, 0.1) is 0 Å². The van der Waals surface area contributed by atoms with Crippen LogP contribution >= 0.6 is 0 Å². The first-order valence-electron chi connectivity index (χ1n) is 13.7. The second-order valence-corrected chi connectivity index (χ2v) is 12.4. The third-order valence-corrected chi connectivity index (χ3v) is 6.80. The number of hydrogen-bond acceptors (Lipinski definition) is 6. The molecule has 8 heteroatoms. The predicted octanol–water partition coefficient (Wildman–Crippen LogP) is 5.59. The summed E-state index contributed by atoms with van der Waals surface area (Å²) in [5.74, 6) is -0.571. The molecule has 3 aromatic rings. The Kier molecular flexibility index (Phi) is 8.47. The van der Waals surface area contributed by atoms with E-state index >= 15 is 0 Å². The number of nitrogens with zero attached hydrogens (tertiary/aromatic N) is 2. The lowest BCUT2D eigenvalue weighted by molar-refractivity contribution is -0.120. The fraction of sp³-hybridized carbons (Fsp3) is 0.438. The summed E-state index contributed by atoms with van der Waals surface area (Å²) in [5, 5.41) is 0. The van der Waals surface area contributed by atoms with Crippen LogP contribution in [0.3, 0.4) is 0 Å². The van der Waals surface area contributed by atoms with Crippen molar-refractivity contribution >= 4 is 17.6 Å². The van der Waals surface area contributed by atoms with E-state index < -0.39 is 17.1 Å². The highest BCUT2D eigenvalue weighted by atomic mass is 16.6. The highest BCUT2D eigenvalue weighted by molar-refractivity contribution is 5.94. The molecule has 0 bridgehead atoms. The normalized spacial score (nSPS) is 16.1. The number of amides is 1.